The van der Waals surface area contributed by atoms with E-state index in [4.69, 9.17) is 4.42 Å². The van der Waals surface area contributed by atoms with E-state index >= 15 is 0 Å². The van der Waals surface area contributed by atoms with Gasteiger partial charge in [0, 0.05) is 7.05 Å². The molecule has 2 aromatic rings. The Kier molecular flexibility index (Phi) is 6.20. The van der Waals surface area contributed by atoms with Crippen molar-refractivity contribution in [2.24, 2.45) is 5.92 Å². The number of rotatable bonds is 7. The quantitative estimate of drug-likeness (QED) is 0.798. The van der Waals surface area contributed by atoms with Crippen molar-refractivity contribution < 1.29 is 22.0 Å². The van der Waals surface area contributed by atoms with Crippen LogP contribution < -0.4 is 4.72 Å². The first-order valence-electron chi connectivity index (χ1n) is 8.19. The van der Waals surface area contributed by atoms with Crippen LogP contribution in [-0.2, 0) is 21.4 Å². The molecule has 0 fully saturated rings. The number of nitrogens with zero attached hydrogens (tertiary/aromatic N) is 1. The standard InChI is InChI=1S/C18H23FN2O4S/c1-12(2)17(18(22)21(4)11-14-10-9-13(3)25-14)20-26(23,24)16-8-6-5-7-15(16)19/h5-10,12,17,20H,11H2,1-4H3. The Hall–Kier alpha value is -2.19. The molecule has 0 bridgehead atoms. The first-order chi connectivity index (χ1) is 12.1. The van der Waals surface area contributed by atoms with Crippen molar-refractivity contribution in [2.45, 2.75) is 38.3 Å². The van der Waals surface area contributed by atoms with E-state index in [1.165, 1.54) is 17.0 Å². The lowest BCUT2D eigenvalue weighted by Gasteiger charge is -2.26. The Balaban J connectivity index is 2.20. The SMILES string of the molecule is Cc1ccc(CN(C)C(=O)C(NS(=O)(=O)c2ccccc2F)C(C)C)o1. The van der Waals surface area contributed by atoms with Gasteiger partial charge in [-0.1, -0.05) is 26.0 Å². The van der Waals surface area contributed by atoms with Gasteiger partial charge < -0.3 is 9.32 Å². The third kappa shape index (κ3) is 4.70. The van der Waals surface area contributed by atoms with Crippen molar-refractivity contribution in [3.05, 3.63) is 53.7 Å². The van der Waals surface area contributed by atoms with Crippen LogP contribution in [0.5, 0.6) is 0 Å². The van der Waals surface area contributed by atoms with Gasteiger partial charge >= 0.3 is 0 Å². The lowest BCUT2D eigenvalue weighted by atomic mass is 10.0. The first-order valence-corrected chi connectivity index (χ1v) is 9.67. The fraction of sp³-hybridized carbons (Fsp3) is 0.389. The fourth-order valence-electron chi connectivity index (χ4n) is 2.48. The number of amides is 1. The van der Waals surface area contributed by atoms with Gasteiger partial charge in [-0.05, 0) is 37.1 Å². The van der Waals surface area contributed by atoms with Crippen molar-refractivity contribution in [3.8, 4) is 0 Å². The largest absolute Gasteiger partial charge is 0.464 e. The van der Waals surface area contributed by atoms with Gasteiger partial charge in [-0.2, -0.15) is 4.72 Å². The monoisotopic (exact) mass is 382 g/mol. The highest BCUT2D eigenvalue weighted by molar-refractivity contribution is 7.89. The number of hydrogen-bond acceptors (Lipinski definition) is 4. The van der Waals surface area contributed by atoms with E-state index in [-0.39, 0.29) is 12.5 Å². The van der Waals surface area contributed by atoms with E-state index < -0.39 is 32.7 Å². The number of nitrogens with one attached hydrogen (secondary N) is 1. The molecule has 0 aliphatic carbocycles. The second-order valence-corrected chi connectivity index (χ2v) is 8.16. The number of furan rings is 1. The molecule has 6 nitrogen and oxygen atoms in total. The second kappa shape index (κ2) is 8.01. The Morgan fingerprint density at radius 1 is 1.23 bits per heavy atom. The van der Waals surface area contributed by atoms with Gasteiger partial charge in [0.25, 0.3) is 0 Å². The minimum atomic E-state index is -4.18. The lowest BCUT2D eigenvalue weighted by Crippen LogP contribution is -2.50. The van der Waals surface area contributed by atoms with Crippen LogP contribution in [0.25, 0.3) is 0 Å². The summed E-state index contributed by atoms with van der Waals surface area (Å²) in [4.78, 5) is 13.7. The van der Waals surface area contributed by atoms with Crippen LogP contribution in [0.2, 0.25) is 0 Å². The normalized spacial score (nSPS) is 13.0. The Labute approximate surface area is 153 Å². The maximum atomic E-state index is 13.9. The van der Waals surface area contributed by atoms with Crippen LogP contribution in [0.1, 0.15) is 25.4 Å². The third-order valence-electron chi connectivity index (χ3n) is 3.91. The van der Waals surface area contributed by atoms with Crippen LogP contribution in [0.15, 0.2) is 45.7 Å². The van der Waals surface area contributed by atoms with Gasteiger partial charge in [0.15, 0.2) is 0 Å². The molecule has 1 aromatic carbocycles. The van der Waals surface area contributed by atoms with Gasteiger partial charge in [-0.15, -0.1) is 0 Å². The van der Waals surface area contributed by atoms with Gasteiger partial charge in [-0.25, -0.2) is 12.8 Å². The number of halogens is 1. The second-order valence-electron chi connectivity index (χ2n) is 6.48. The Morgan fingerprint density at radius 2 is 1.88 bits per heavy atom. The molecule has 1 aromatic heterocycles. The highest BCUT2D eigenvalue weighted by Gasteiger charge is 2.31. The number of sulfonamides is 1. The molecular weight excluding hydrogens is 359 g/mol. The Bertz CT molecular complexity index is 877. The molecule has 142 valence electrons. The summed E-state index contributed by atoms with van der Waals surface area (Å²) in [7, 11) is -2.62. The molecule has 0 saturated heterocycles. The maximum absolute atomic E-state index is 13.9. The maximum Gasteiger partial charge on any atom is 0.244 e. The zero-order valence-corrected chi connectivity index (χ0v) is 16.0. The van der Waals surface area contributed by atoms with Crippen LogP contribution in [0.4, 0.5) is 4.39 Å². The van der Waals surface area contributed by atoms with Crippen molar-refractivity contribution in [1.82, 2.24) is 9.62 Å². The van der Waals surface area contributed by atoms with E-state index in [2.05, 4.69) is 4.72 Å². The summed E-state index contributed by atoms with van der Waals surface area (Å²) in [6, 6.07) is 7.57. The smallest absolute Gasteiger partial charge is 0.244 e. The number of aryl methyl sites for hydroxylation is 1. The number of likely N-dealkylation sites (N-methyl/N-ethyl adjacent to an activating group) is 1. The summed E-state index contributed by atoms with van der Waals surface area (Å²) in [6.45, 7) is 5.44. The molecule has 26 heavy (non-hydrogen) atoms. The fourth-order valence-corrected chi connectivity index (χ4v) is 3.90. The molecule has 1 heterocycles. The van der Waals surface area contributed by atoms with Crippen LogP contribution >= 0.6 is 0 Å². The van der Waals surface area contributed by atoms with Crippen molar-refractivity contribution in [3.63, 3.8) is 0 Å². The molecular formula is C18H23FN2O4S. The summed E-state index contributed by atoms with van der Waals surface area (Å²) in [5.41, 5.74) is 0. The number of carbonyl (C=O) groups excluding carboxylic acids is 1. The zero-order chi connectivity index (χ0) is 19.5. The molecule has 1 N–H and O–H groups in total. The van der Waals surface area contributed by atoms with Crippen molar-refractivity contribution in [2.75, 3.05) is 7.05 Å². The number of carbonyl (C=O) groups is 1. The summed E-state index contributed by atoms with van der Waals surface area (Å²) >= 11 is 0. The minimum absolute atomic E-state index is 0.206. The molecule has 0 radical (unpaired) electrons. The molecule has 1 atom stereocenters. The topological polar surface area (TPSA) is 79.6 Å². The molecule has 0 aliphatic rings. The summed E-state index contributed by atoms with van der Waals surface area (Å²) in [6.07, 6.45) is 0. The van der Waals surface area contributed by atoms with E-state index in [9.17, 15) is 17.6 Å². The zero-order valence-electron chi connectivity index (χ0n) is 15.2. The average molecular weight is 382 g/mol. The van der Waals surface area contributed by atoms with Crippen molar-refractivity contribution >= 4 is 15.9 Å². The summed E-state index contributed by atoms with van der Waals surface area (Å²) in [5.74, 6) is -0.299. The minimum Gasteiger partial charge on any atom is -0.464 e. The van der Waals surface area contributed by atoms with Gasteiger partial charge in [0.1, 0.15) is 28.3 Å². The van der Waals surface area contributed by atoms with Crippen LogP contribution in [0, 0.1) is 18.7 Å². The molecule has 2 rings (SSSR count). The lowest BCUT2D eigenvalue weighted by molar-refractivity contribution is -0.133. The van der Waals surface area contributed by atoms with E-state index in [0.717, 1.165) is 17.9 Å². The summed E-state index contributed by atoms with van der Waals surface area (Å²) < 4.78 is 46.7. The average Bonchev–Trinajstić information content (AvgIpc) is 2.97. The highest BCUT2D eigenvalue weighted by Crippen LogP contribution is 2.17. The molecule has 0 spiro atoms. The third-order valence-corrected chi connectivity index (χ3v) is 5.38. The van der Waals surface area contributed by atoms with Gasteiger partial charge in [-0.3, -0.25) is 4.79 Å². The van der Waals surface area contributed by atoms with E-state index in [1.54, 1.807) is 40.0 Å². The van der Waals surface area contributed by atoms with E-state index in [1.807, 2.05) is 0 Å². The van der Waals surface area contributed by atoms with E-state index in [0.29, 0.717) is 5.76 Å². The van der Waals surface area contributed by atoms with Gasteiger partial charge in [0.05, 0.1) is 6.54 Å². The number of benzene rings is 1. The highest BCUT2D eigenvalue weighted by atomic mass is 32.2. The predicted octanol–water partition coefficient (Wildman–Crippen LogP) is 2.69. The number of hydrogen-bond donors (Lipinski definition) is 1. The van der Waals surface area contributed by atoms with Gasteiger partial charge in [0.2, 0.25) is 15.9 Å². The van der Waals surface area contributed by atoms with Crippen molar-refractivity contribution in [1.29, 1.82) is 0 Å². The molecule has 0 aliphatic heterocycles. The molecule has 0 saturated carbocycles. The van der Waals surface area contributed by atoms with Crippen LogP contribution in [0.3, 0.4) is 0 Å². The first kappa shape index (κ1) is 20.1. The van der Waals surface area contributed by atoms with Crippen LogP contribution in [-0.4, -0.2) is 32.3 Å². The molecule has 1 unspecified atom stereocenters. The molecule has 8 heteroatoms. The summed E-state index contributed by atoms with van der Waals surface area (Å²) in [5, 5.41) is 0. The molecule has 1 amide bonds. The predicted molar refractivity (Wildman–Crippen MR) is 95.3 cm³/mol. The Morgan fingerprint density at radius 3 is 2.42 bits per heavy atom.